The van der Waals surface area contributed by atoms with Crippen LogP contribution in [0.15, 0.2) is 23.2 Å². The van der Waals surface area contributed by atoms with Gasteiger partial charge in [0.25, 0.3) is 0 Å². The Morgan fingerprint density at radius 3 is 2.62 bits per heavy atom. The van der Waals surface area contributed by atoms with E-state index in [1.807, 2.05) is 13.0 Å². The maximum atomic E-state index is 5.66. The number of aliphatic imine (C=N–C) groups is 1. The summed E-state index contributed by atoms with van der Waals surface area (Å²) in [4.78, 5) is 4.31. The topological polar surface area (TPSA) is 38.4 Å². The molecule has 0 fully saturated rings. The quantitative estimate of drug-likeness (QED) is 0.546. The first kappa shape index (κ1) is 9.78. The van der Waals surface area contributed by atoms with Crippen LogP contribution in [0.4, 0.5) is 5.69 Å². The lowest BCUT2D eigenvalue weighted by atomic mass is 10.1. The van der Waals surface area contributed by atoms with Crippen molar-refractivity contribution in [3.63, 3.8) is 0 Å². The molecule has 0 heterocycles. The van der Waals surface area contributed by atoms with E-state index < -0.39 is 0 Å². The smallest absolute Gasteiger partial charge is 0.0993 e. The minimum atomic E-state index is 0.687. The Bertz CT molecular complexity index is 327. The first-order valence-corrected chi connectivity index (χ1v) is 4.53. The van der Waals surface area contributed by atoms with Gasteiger partial charge in [-0.05, 0) is 25.5 Å². The van der Waals surface area contributed by atoms with E-state index in [9.17, 15) is 0 Å². The highest BCUT2D eigenvalue weighted by molar-refractivity contribution is 5.83. The molecule has 13 heavy (non-hydrogen) atoms. The van der Waals surface area contributed by atoms with Crippen LogP contribution in [0.3, 0.4) is 0 Å². The predicted octanol–water partition coefficient (Wildman–Crippen LogP) is 2.70. The maximum absolute atomic E-state index is 5.66. The van der Waals surface area contributed by atoms with Crippen LogP contribution >= 0.6 is 0 Å². The van der Waals surface area contributed by atoms with Gasteiger partial charge in [0.05, 0.1) is 11.5 Å². The first-order valence-electron chi connectivity index (χ1n) is 4.53. The van der Waals surface area contributed by atoms with E-state index in [-0.39, 0.29) is 0 Å². The van der Waals surface area contributed by atoms with E-state index in [2.05, 4.69) is 31.0 Å². The van der Waals surface area contributed by atoms with Gasteiger partial charge in [-0.1, -0.05) is 24.6 Å². The third-order valence-electron chi connectivity index (χ3n) is 1.98. The Kier molecular flexibility index (Phi) is 3.07. The molecule has 2 N–H and O–H groups in total. The lowest BCUT2D eigenvalue weighted by molar-refractivity contribution is 1.23. The van der Waals surface area contributed by atoms with E-state index in [1.54, 1.807) is 0 Å². The number of amidine groups is 1. The highest BCUT2D eigenvalue weighted by atomic mass is 14.9. The average Bonchev–Trinajstić information content (AvgIpc) is 2.09. The van der Waals surface area contributed by atoms with Crippen molar-refractivity contribution in [2.45, 2.75) is 27.2 Å². The van der Waals surface area contributed by atoms with Crippen LogP contribution < -0.4 is 5.73 Å². The Labute approximate surface area is 79.5 Å². The number of hydrogen-bond donors (Lipinski definition) is 1. The number of rotatable bonds is 2. The summed E-state index contributed by atoms with van der Waals surface area (Å²) in [7, 11) is 0. The Morgan fingerprint density at radius 1 is 1.38 bits per heavy atom. The summed E-state index contributed by atoms with van der Waals surface area (Å²) in [6, 6.07) is 6.17. The summed E-state index contributed by atoms with van der Waals surface area (Å²) < 4.78 is 0. The van der Waals surface area contributed by atoms with Gasteiger partial charge >= 0.3 is 0 Å². The zero-order chi connectivity index (χ0) is 9.84. The second-order valence-electron chi connectivity index (χ2n) is 3.25. The number of nitrogens with two attached hydrogens (primary N) is 1. The molecule has 0 atom stereocenters. The van der Waals surface area contributed by atoms with Crippen molar-refractivity contribution >= 4 is 11.5 Å². The zero-order valence-electron chi connectivity index (χ0n) is 8.46. The van der Waals surface area contributed by atoms with Crippen LogP contribution in [0.5, 0.6) is 0 Å². The number of benzene rings is 1. The number of hydrogen-bond acceptors (Lipinski definition) is 1. The van der Waals surface area contributed by atoms with Crippen LogP contribution in [0.1, 0.15) is 24.5 Å². The van der Waals surface area contributed by atoms with Gasteiger partial charge in [0.15, 0.2) is 0 Å². The molecule has 70 valence electrons. The third kappa shape index (κ3) is 2.58. The van der Waals surface area contributed by atoms with Crippen molar-refractivity contribution < 1.29 is 0 Å². The molecule has 0 aliphatic heterocycles. The molecular weight excluding hydrogens is 160 g/mol. The van der Waals surface area contributed by atoms with Crippen LogP contribution in [-0.4, -0.2) is 5.84 Å². The SMILES string of the molecule is CCC(N)=Nc1ccc(C)cc1C. The summed E-state index contributed by atoms with van der Waals surface area (Å²) in [5.41, 5.74) is 9.07. The zero-order valence-corrected chi connectivity index (χ0v) is 8.46. The Morgan fingerprint density at radius 2 is 2.08 bits per heavy atom. The predicted molar refractivity (Wildman–Crippen MR) is 57.5 cm³/mol. The van der Waals surface area contributed by atoms with Gasteiger partial charge < -0.3 is 5.73 Å². The molecular formula is C11H16N2. The highest BCUT2D eigenvalue weighted by Crippen LogP contribution is 2.19. The van der Waals surface area contributed by atoms with Crippen molar-refractivity contribution in [1.82, 2.24) is 0 Å². The van der Waals surface area contributed by atoms with Gasteiger partial charge in [-0.3, -0.25) is 0 Å². The molecule has 0 aromatic heterocycles. The van der Waals surface area contributed by atoms with Crippen LogP contribution in [-0.2, 0) is 0 Å². The fourth-order valence-electron chi connectivity index (χ4n) is 1.16. The number of nitrogens with zero attached hydrogens (tertiary/aromatic N) is 1. The van der Waals surface area contributed by atoms with Crippen molar-refractivity contribution in [2.24, 2.45) is 10.7 Å². The second kappa shape index (κ2) is 4.08. The molecule has 0 aliphatic rings. The lowest BCUT2D eigenvalue weighted by Crippen LogP contribution is -2.08. The Hall–Kier alpha value is -1.31. The molecule has 0 saturated heterocycles. The first-order chi connectivity index (χ1) is 6.13. The van der Waals surface area contributed by atoms with Crippen LogP contribution in [0.25, 0.3) is 0 Å². The minimum absolute atomic E-state index is 0.687. The van der Waals surface area contributed by atoms with E-state index >= 15 is 0 Å². The molecule has 0 aliphatic carbocycles. The largest absolute Gasteiger partial charge is 0.387 e. The van der Waals surface area contributed by atoms with Gasteiger partial charge in [-0.15, -0.1) is 0 Å². The normalized spacial score (nSPS) is 11.8. The molecule has 1 aromatic rings. The fourth-order valence-corrected chi connectivity index (χ4v) is 1.16. The molecule has 0 amide bonds. The minimum Gasteiger partial charge on any atom is -0.387 e. The number of aryl methyl sites for hydroxylation is 2. The van der Waals surface area contributed by atoms with Gasteiger partial charge in [-0.2, -0.15) is 0 Å². The molecule has 2 heteroatoms. The molecule has 0 radical (unpaired) electrons. The van der Waals surface area contributed by atoms with E-state index in [0.29, 0.717) is 5.84 Å². The lowest BCUT2D eigenvalue weighted by Gasteiger charge is -2.02. The van der Waals surface area contributed by atoms with Crippen molar-refractivity contribution in [3.8, 4) is 0 Å². The summed E-state index contributed by atoms with van der Waals surface area (Å²) in [5.74, 6) is 0.687. The summed E-state index contributed by atoms with van der Waals surface area (Å²) in [6.45, 7) is 6.13. The molecule has 0 saturated carbocycles. The van der Waals surface area contributed by atoms with E-state index in [0.717, 1.165) is 12.1 Å². The van der Waals surface area contributed by atoms with Crippen molar-refractivity contribution in [1.29, 1.82) is 0 Å². The summed E-state index contributed by atoms with van der Waals surface area (Å²) in [5, 5.41) is 0. The van der Waals surface area contributed by atoms with Crippen molar-refractivity contribution in [2.75, 3.05) is 0 Å². The standard InChI is InChI=1S/C11H16N2/c1-4-11(12)13-10-6-5-8(2)7-9(10)3/h5-7H,4H2,1-3H3,(H2,12,13). The Balaban J connectivity index is 3.03. The maximum Gasteiger partial charge on any atom is 0.0993 e. The van der Waals surface area contributed by atoms with Gasteiger partial charge in [0.1, 0.15) is 0 Å². The second-order valence-corrected chi connectivity index (χ2v) is 3.25. The summed E-state index contributed by atoms with van der Waals surface area (Å²) >= 11 is 0. The molecule has 2 nitrogen and oxygen atoms in total. The highest BCUT2D eigenvalue weighted by Gasteiger charge is 1.96. The monoisotopic (exact) mass is 176 g/mol. The van der Waals surface area contributed by atoms with Crippen molar-refractivity contribution in [3.05, 3.63) is 29.3 Å². The molecule has 0 spiro atoms. The fraction of sp³-hybridized carbons (Fsp3) is 0.364. The van der Waals surface area contributed by atoms with E-state index in [4.69, 9.17) is 5.73 Å². The molecule has 0 unspecified atom stereocenters. The van der Waals surface area contributed by atoms with E-state index in [1.165, 1.54) is 11.1 Å². The molecule has 1 aromatic carbocycles. The van der Waals surface area contributed by atoms with Crippen LogP contribution in [0, 0.1) is 13.8 Å². The summed E-state index contributed by atoms with van der Waals surface area (Å²) in [6.07, 6.45) is 0.799. The van der Waals surface area contributed by atoms with Gasteiger partial charge in [0.2, 0.25) is 0 Å². The van der Waals surface area contributed by atoms with Gasteiger partial charge in [0, 0.05) is 6.42 Å². The third-order valence-corrected chi connectivity index (χ3v) is 1.98. The van der Waals surface area contributed by atoms with Crippen LogP contribution in [0.2, 0.25) is 0 Å². The molecule has 1 rings (SSSR count). The van der Waals surface area contributed by atoms with Gasteiger partial charge in [-0.25, -0.2) is 4.99 Å². The average molecular weight is 176 g/mol. The molecule has 0 bridgehead atoms.